The van der Waals surface area contributed by atoms with Crippen LogP contribution in [0.4, 0.5) is 0 Å². The molecule has 0 aromatic carbocycles. The van der Waals surface area contributed by atoms with Gasteiger partial charge in [-0.15, -0.1) is 5.10 Å². The molecule has 4 heterocycles. The van der Waals surface area contributed by atoms with E-state index in [0.29, 0.717) is 17.7 Å². The lowest BCUT2D eigenvalue weighted by Gasteiger charge is -2.31. The minimum atomic E-state index is 0.0864. The largest absolute Gasteiger partial charge is 0.337 e. The van der Waals surface area contributed by atoms with Crippen molar-refractivity contribution in [1.82, 2.24) is 35.0 Å². The Labute approximate surface area is 171 Å². The second kappa shape index (κ2) is 7.89. The Bertz CT molecular complexity index is 858. The molecule has 1 N–H and O–H groups in total. The molecule has 1 amide bonds. The molecule has 2 saturated heterocycles. The predicted octanol–water partition coefficient (Wildman–Crippen LogP) is 2.20. The fourth-order valence-electron chi connectivity index (χ4n) is 5.06. The third-order valence-corrected chi connectivity index (χ3v) is 6.86. The minimum absolute atomic E-state index is 0.0864. The van der Waals surface area contributed by atoms with Crippen LogP contribution in [0.15, 0.2) is 6.20 Å². The molecule has 29 heavy (non-hydrogen) atoms. The quantitative estimate of drug-likeness (QED) is 0.855. The number of H-pyrrole nitrogens is 1. The lowest BCUT2D eigenvalue weighted by Crippen LogP contribution is -2.39. The third kappa shape index (κ3) is 3.82. The molecule has 2 aliphatic heterocycles. The number of nitrogens with one attached hydrogen (secondary N) is 1. The van der Waals surface area contributed by atoms with E-state index in [1.54, 1.807) is 0 Å². The first-order chi connectivity index (χ1) is 14.2. The van der Waals surface area contributed by atoms with Gasteiger partial charge in [0.05, 0.1) is 17.9 Å². The third-order valence-electron chi connectivity index (χ3n) is 6.86. The van der Waals surface area contributed by atoms with Crippen molar-refractivity contribution in [1.29, 1.82) is 0 Å². The number of aromatic amines is 1. The summed E-state index contributed by atoms with van der Waals surface area (Å²) in [4.78, 5) is 17.5. The van der Waals surface area contributed by atoms with Gasteiger partial charge in [0.2, 0.25) is 0 Å². The number of hydrogen-bond donors (Lipinski definition) is 1. The molecule has 2 aromatic heterocycles. The molecule has 0 radical (unpaired) electrons. The summed E-state index contributed by atoms with van der Waals surface area (Å²) < 4.78 is 2.02. The van der Waals surface area contributed by atoms with Crippen LogP contribution >= 0.6 is 0 Å². The Morgan fingerprint density at radius 2 is 1.97 bits per heavy atom. The fourth-order valence-corrected chi connectivity index (χ4v) is 5.06. The van der Waals surface area contributed by atoms with E-state index in [0.717, 1.165) is 62.3 Å². The van der Waals surface area contributed by atoms with Crippen molar-refractivity contribution >= 4 is 5.91 Å². The molecule has 3 aliphatic rings. The van der Waals surface area contributed by atoms with Crippen molar-refractivity contribution < 1.29 is 4.79 Å². The van der Waals surface area contributed by atoms with E-state index < -0.39 is 0 Å². The van der Waals surface area contributed by atoms with Crippen molar-refractivity contribution in [3.05, 3.63) is 28.8 Å². The zero-order chi connectivity index (χ0) is 19.8. The van der Waals surface area contributed by atoms with E-state index >= 15 is 0 Å². The highest BCUT2D eigenvalue weighted by Gasteiger charge is 2.30. The van der Waals surface area contributed by atoms with Gasteiger partial charge in [-0.2, -0.15) is 5.10 Å². The van der Waals surface area contributed by atoms with Gasteiger partial charge in [0.1, 0.15) is 0 Å². The Morgan fingerprint density at radius 3 is 2.76 bits per heavy atom. The molecule has 0 bridgehead atoms. The Morgan fingerprint density at radius 1 is 1.17 bits per heavy atom. The zero-order valence-electron chi connectivity index (χ0n) is 17.3. The number of amides is 1. The first-order valence-electron chi connectivity index (χ1n) is 11.2. The van der Waals surface area contributed by atoms with Crippen LogP contribution in [0.1, 0.15) is 72.5 Å². The molecular weight excluding hydrogens is 366 g/mol. The van der Waals surface area contributed by atoms with Gasteiger partial charge in [0.15, 0.2) is 5.69 Å². The van der Waals surface area contributed by atoms with Crippen molar-refractivity contribution in [2.75, 3.05) is 26.2 Å². The topological polar surface area (TPSA) is 82.9 Å². The summed E-state index contributed by atoms with van der Waals surface area (Å²) in [6, 6.07) is 0.326. The fraction of sp³-hybridized carbons (Fsp3) is 0.714. The van der Waals surface area contributed by atoms with Gasteiger partial charge >= 0.3 is 0 Å². The van der Waals surface area contributed by atoms with Crippen LogP contribution in [0.25, 0.3) is 0 Å². The lowest BCUT2D eigenvalue weighted by atomic mass is 9.87. The molecule has 2 aromatic rings. The Kier molecular flexibility index (Phi) is 5.11. The number of piperidine rings is 1. The molecule has 8 nitrogen and oxygen atoms in total. The smallest absolute Gasteiger partial charge is 0.274 e. The van der Waals surface area contributed by atoms with Crippen LogP contribution in [-0.4, -0.2) is 67.1 Å². The molecule has 5 rings (SSSR count). The minimum Gasteiger partial charge on any atom is -0.337 e. The standard InChI is InChI=1S/C21H31N7O/c1-15-4-5-19-18(12-15)20(24-23-19)21(29)27-10-6-17(7-11-27)28-14-16(22-25-28)13-26-8-2-3-9-26/h14-15,17H,2-13H2,1H3,(H,23,24). The summed E-state index contributed by atoms with van der Waals surface area (Å²) in [5.74, 6) is 0.711. The highest BCUT2D eigenvalue weighted by molar-refractivity contribution is 5.94. The molecule has 8 heteroatoms. The van der Waals surface area contributed by atoms with Crippen molar-refractivity contribution in [3.8, 4) is 0 Å². The molecule has 0 spiro atoms. The van der Waals surface area contributed by atoms with Crippen molar-refractivity contribution in [2.24, 2.45) is 5.92 Å². The summed E-state index contributed by atoms with van der Waals surface area (Å²) in [5.41, 5.74) is 4.02. The van der Waals surface area contributed by atoms with E-state index in [9.17, 15) is 4.79 Å². The maximum absolute atomic E-state index is 13.1. The van der Waals surface area contributed by atoms with Crippen LogP contribution in [0.3, 0.4) is 0 Å². The van der Waals surface area contributed by atoms with Gasteiger partial charge in [-0.3, -0.25) is 14.8 Å². The van der Waals surface area contributed by atoms with Crippen LogP contribution in [0, 0.1) is 5.92 Å². The summed E-state index contributed by atoms with van der Waals surface area (Å²) >= 11 is 0. The monoisotopic (exact) mass is 397 g/mol. The first-order valence-corrected chi connectivity index (χ1v) is 11.2. The number of aryl methyl sites for hydroxylation is 1. The van der Waals surface area contributed by atoms with Crippen LogP contribution in [0.2, 0.25) is 0 Å². The number of hydrogen-bond acceptors (Lipinski definition) is 5. The predicted molar refractivity (Wildman–Crippen MR) is 108 cm³/mol. The first kappa shape index (κ1) is 18.8. The van der Waals surface area contributed by atoms with Crippen LogP contribution in [-0.2, 0) is 19.4 Å². The van der Waals surface area contributed by atoms with Gasteiger partial charge in [-0.05, 0) is 64.0 Å². The number of fused-ring (bicyclic) bond motifs is 1. The van der Waals surface area contributed by atoms with Crippen LogP contribution in [0.5, 0.6) is 0 Å². The van der Waals surface area contributed by atoms with E-state index in [1.165, 1.54) is 32.4 Å². The molecule has 1 aliphatic carbocycles. The number of nitrogens with zero attached hydrogens (tertiary/aromatic N) is 6. The average molecular weight is 398 g/mol. The number of rotatable bonds is 4. The summed E-state index contributed by atoms with van der Waals surface area (Å²) in [6.45, 7) is 7.00. The average Bonchev–Trinajstić information content (AvgIpc) is 3.49. The Balaban J connectivity index is 1.19. The van der Waals surface area contributed by atoms with E-state index in [2.05, 4.69) is 38.5 Å². The maximum Gasteiger partial charge on any atom is 0.274 e. The summed E-state index contributed by atoms with van der Waals surface area (Å²) in [6.07, 6.45) is 9.66. The maximum atomic E-state index is 13.1. The van der Waals surface area contributed by atoms with E-state index in [4.69, 9.17) is 0 Å². The highest BCUT2D eigenvalue weighted by Crippen LogP contribution is 2.28. The van der Waals surface area contributed by atoms with Gasteiger partial charge in [-0.25, -0.2) is 4.68 Å². The number of likely N-dealkylation sites (tertiary alicyclic amines) is 2. The normalized spacial score (nSPS) is 23.5. The number of carbonyl (C=O) groups excluding carboxylic acids is 1. The van der Waals surface area contributed by atoms with Crippen molar-refractivity contribution in [2.45, 2.75) is 64.5 Å². The summed E-state index contributed by atoms with van der Waals surface area (Å²) in [7, 11) is 0. The molecule has 156 valence electrons. The van der Waals surface area contributed by atoms with E-state index in [1.807, 2.05) is 9.58 Å². The Hall–Kier alpha value is -2.22. The molecule has 1 atom stereocenters. The van der Waals surface area contributed by atoms with Gasteiger partial charge in [0.25, 0.3) is 5.91 Å². The summed E-state index contributed by atoms with van der Waals surface area (Å²) in [5, 5.41) is 16.3. The second-order valence-electron chi connectivity index (χ2n) is 9.07. The molecule has 1 unspecified atom stereocenters. The SMILES string of the molecule is CC1CCc2[nH]nc(C(=O)N3CCC(n4cc(CN5CCCC5)nn4)CC3)c2C1. The van der Waals surface area contributed by atoms with Gasteiger partial charge in [0, 0.05) is 30.9 Å². The molecular formula is C21H31N7O. The van der Waals surface area contributed by atoms with Crippen LogP contribution < -0.4 is 0 Å². The second-order valence-corrected chi connectivity index (χ2v) is 9.07. The van der Waals surface area contributed by atoms with Crippen molar-refractivity contribution in [3.63, 3.8) is 0 Å². The molecule has 2 fully saturated rings. The van der Waals surface area contributed by atoms with Gasteiger partial charge in [-0.1, -0.05) is 12.1 Å². The zero-order valence-corrected chi connectivity index (χ0v) is 17.3. The van der Waals surface area contributed by atoms with Gasteiger partial charge < -0.3 is 4.90 Å². The molecule has 0 saturated carbocycles. The highest BCUT2D eigenvalue weighted by atomic mass is 16.2. The number of carbonyl (C=O) groups is 1. The van der Waals surface area contributed by atoms with E-state index in [-0.39, 0.29) is 5.91 Å². The lowest BCUT2D eigenvalue weighted by molar-refractivity contribution is 0.0681. The number of aromatic nitrogens is 5.